The molecule has 1 N–H and O–H groups in total. The van der Waals surface area contributed by atoms with E-state index < -0.39 is 0 Å². The number of nitrogens with zero attached hydrogens (tertiary/aromatic N) is 1. The molecule has 0 spiro atoms. The van der Waals surface area contributed by atoms with Crippen LogP contribution in [0.15, 0.2) is 0 Å². The highest BCUT2D eigenvalue weighted by Crippen LogP contribution is 2.23. The van der Waals surface area contributed by atoms with Crippen LogP contribution in [-0.4, -0.2) is 48.7 Å². The summed E-state index contributed by atoms with van der Waals surface area (Å²) < 4.78 is 5.82. The molecular formula is C16H30N2O2. The molecule has 116 valence electrons. The normalized spacial score (nSPS) is 27.7. The van der Waals surface area contributed by atoms with Gasteiger partial charge in [0, 0.05) is 19.0 Å². The summed E-state index contributed by atoms with van der Waals surface area (Å²) in [7, 11) is 0. The number of amides is 1. The number of hydrogen-bond donors (Lipinski definition) is 1. The molecule has 2 unspecified atom stereocenters. The van der Waals surface area contributed by atoms with Crippen molar-refractivity contribution in [2.24, 2.45) is 0 Å². The molecule has 2 rings (SSSR count). The van der Waals surface area contributed by atoms with E-state index in [0.717, 1.165) is 58.2 Å². The highest BCUT2D eigenvalue weighted by atomic mass is 16.5. The van der Waals surface area contributed by atoms with Crippen molar-refractivity contribution in [3.63, 3.8) is 0 Å². The quantitative estimate of drug-likeness (QED) is 0.813. The van der Waals surface area contributed by atoms with E-state index in [9.17, 15) is 4.79 Å². The first-order valence-electron chi connectivity index (χ1n) is 8.36. The Hall–Kier alpha value is -0.610. The Morgan fingerprint density at radius 2 is 2.00 bits per heavy atom. The van der Waals surface area contributed by atoms with Gasteiger partial charge in [0.1, 0.15) is 0 Å². The predicted octanol–water partition coefficient (Wildman–Crippen LogP) is 2.32. The lowest BCUT2D eigenvalue weighted by Crippen LogP contribution is -2.46. The molecule has 0 aromatic rings. The predicted molar refractivity (Wildman–Crippen MR) is 80.7 cm³/mol. The monoisotopic (exact) mass is 282 g/mol. The molecule has 0 aliphatic carbocycles. The van der Waals surface area contributed by atoms with Gasteiger partial charge >= 0.3 is 0 Å². The minimum Gasteiger partial charge on any atom is -0.375 e. The van der Waals surface area contributed by atoms with Gasteiger partial charge in [-0.3, -0.25) is 4.79 Å². The second-order valence-corrected chi connectivity index (χ2v) is 6.25. The van der Waals surface area contributed by atoms with Crippen LogP contribution in [-0.2, 0) is 9.53 Å². The van der Waals surface area contributed by atoms with Crippen LogP contribution < -0.4 is 5.32 Å². The SMILES string of the molecule is CCCN(C(=O)CCC1CCC(C)O1)C1CCNCC1. The van der Waals surface area contributed by atoms with Crippen LogP contribution in [0, 0.1) is 0 Å². The molecule has 2 aliphatic rings. The van der Waals surface area contributed by atoms with E-state index in [1.54, 1.807) is 0 Å². The fourth-order valence-electron chi connectivity index (χ4n) is 3.40. The van der Waals surface area contributed by atoms with Gasteiger partial charge in [0.25, 0.3) is 0 Å². The van der Waals surface area contributed by atoms with E-state index in [0.29, 0.717) is 30.6 Å². The van der Waals surface area contributed by atoms with Gasteiger partial charge in [0.15, 0.2) is 0 Å². The van der Waals surface area contributed by atoms with Gasteiger partial charge in [-0.1, -0.05) is 6.92 Å². The molecule has 0 radical (unpaired) electrons. The van der Waals surface area contributed by atoms with Crippen LogP contribution in [0.3, 0.4) is 0 Å². The Morgan fingerprint density at radius 1 is 1.25 bits per heavy atom. The molecule has 2 aliphatic heterocycles. The lowest BCUT2D eigenvalue weighted by atomic mass is 10.0. The Labute approximate surface area is 123 Å². The van der Waals surface area contributed by atoms with Crippen LogP contribution in [0.1, 0.15) is 58.8 Å². The molecule has 1 amide bonds. The Bertz CT molecular complexity index is 303. The van der Waals surface area contributed by atoms with Gasteiger partial charge in [0.05, 0.1) is 12.2 Å². The lowest BCUT2D eigenvalue weighted by Gasteiger charge is -2.35. The smallest absolute Gasteiger partial charge is 0.222 e. The van der Waals surface area contributed by atoms with Gasteiger partial charge < -0.3 is 15.0 Å². The topological polar surface area (TPSA) is 41.6 Å². The number of nitrogens with one attached hydrogen (secondary N) is 1. The van der Waals surface area contributed by atoms with E-state index in [1.165, 1.54) is 0 Å². The largest absolute Gasteiger partial charge is 0.375 e. The van der Waals surface area contributed by atoms with Gasteiger partial charge in [-0.25, -0.2) is 0 Å². The summed E-state index contributed by atoms with van der Waals surface area (Å²) in [4.78, 5) is 14.7. The number of hydrogen-bond acceptors (Lipinski definition) is 3. The van der Waals surface area contributed by atoms with Crippen molar-refractivity contribution in [2.45, 2.75) is 77.0 Å². The molecule has 2 atom stereocenters. The van der Waals surface area contributed by atoms with Crippen molar-refractivity contribution in [3.8, 4) is 0 Å². The summed E-state index contributed by atoms with van der Waals surface area (Å²) in [5, 5.41) is 3.37. The summed E-state index contributed by atoms with van der Waals surface area (Å²) in [6.07, 6.45) is 7.76. The number of piperidine rings is 1. The Morgan fingerprint density at radius 3 is 2.60 bits per heavy atom. The fourth-order valence-corrected chi connectivity index (χ4v) is 3.40. The maximum Gasteiger partial charge on any atom is 0.222 e. The summed E-state index contributed by atoms with van der Waals surface area (Å²) >= 11 is 0. The van der Waals surface area contributed by atoms with E-state index in [4.69, 9.17) is 4.74 Å². The first-order chi connectivity index (χ1) is 9.70. The highest BCUT2D eigenvalue weighted by molar-refractivity contribution is 5.76. The number of carbonyl (C=O) groups is 1. The fraction of sp³-hybridized carbons (Fsp3) is 0.938. The van der Waals surface area contributed by atoms with E-state index >= 15 is 0 Å². The van der Waals surface area contributed by atoms with Crippen molar-refractivity contribution in [1.82, 2.24) is 10.2 Å². The van der Waals surface area contributed by atoms with Crippen molar-refractivity contribution in [1.29, 1.82) is 0 Å². The van der Waals surface area contributed by atoms with Gasteiger partial charge in [-0.2, -0.15) is 0 Å². The van der Waals surface area contributed by atoms with E-state index in [-0.39, 0.29) is 0 Å². The van der Waals surface area contributed by atoms with Crippen LogP contribution in [0.2, 0.25) is 0 Å². The molecular weight excluding hydrogens is 252 g/mol. The molecule has 0 aromatic heterocycles. The minimum atomic E-state index is 0.311. The molecule has 2 saturated heterocycles. The van der Waals surface area contributed by atoms with Gasteiger partial charge in [-0.15, -0.1) is 0 Å². The minimum absolute atomic E-state index is 0.311. The number of ether oxygens (including phenoxy) is 1. The average molecular weight is 282 g/mol. The average Bonchev–Trinajstić information content (AvgIpc) is 2.89. The molecule has 20 heavy (non-hydrogen) atoms. The summed E-state index contributed by atoms with van der Waals surface area (Å²) in [5.74, 6) is 0.335. The van der Waals surface area contributed by atoms with Crippen LogP contribution in [0.4, 0.5) is 0 Å². The molecule has 0 bridgehead atoms. The highest BCUT2D eigenvalue weighted by Gasteiger charge is 2.27. The zero-order valence-electron chi connectivity index (χ0n) is 13.1. The van der Waals surface area contributed by atoms with Crippen LogP contribution in [0.5, 0.6) is 0 Å². The molecule has 0 aromatic carbocycles. The van der Waals surface area contributed by atoms with E-state index in [2.05, 4.69) is 24.1 Å². The van der Waals surface area contributed by atoms with Crippen LogP contribution in [0.25, 0.3) is 0 Å². The zero-order valence-corrected chi connectivity index (χ0v) is 13.1. The van der Waals surface area contributed by atoms with Crippen molar-refractivity contribution in [3.05, 3.63) is 0 Å². The first-order valence-corrected chi connectivity index (χ1v) is 8.36. The molecule has 2 heterocycles. The van der Waals surface area contributed by atoms with Crippen LogP contribution >= 0.6 is 0 Å². The zero-order chi connectivity index (χ0) is 14.4. The van der Waals surface area contributed by atoms with Crippen molar-refractivity contribution < 1.29 is 9.53 Å². The standard InChI is InChI=1S/C16H30N2O2/c1-3-12-18(14-8-10-17-11-9-14)16(19)7-6-15-5-4-13(2)20-15/h13-15,17H,3-12H2,1-2H3. The lowest BCUT2D eigenvalue weighted by molar-refractivity contribution is -0.134. The van der Waals surface area contributed by atoms with Crippen molar-refractivity contribution >= 4 is 5.91 Å². The van der Waals surface area contributed by atoms with Gasteiger partial charge in [0.2, 0.25) is 5.91 Å². The number of rotatable bonds is 6. The Kier molecular flexibility index (Phi) is 6.30. The maximum absolute atomic E-state index is 12.5. The van der Waals surface area contributed by atoms with Gasteiger partial charge in [-0.05, 0) is 58.5 Å². The Balaban J connectivity index is 1.79. The molecule has 4 nitrogen and oxygen atoms in total. The second-order valence-electron chi connectivity index (χ2n) is 6.25. The third kappa shape index (κ3) is 4.45. The molecule has 2 fully saturated rings. The first kappa shape index (κ1) is 15.8. The molecule has 0 saturated carbocycles. The second kappa shape index (κ2) is 7.99. The third-order valence-corrected chi connectivity index (χ3v) is 4.53. The summed E-state index contributed by atoms with van der Waals surface area (Å²) in [5.41, 5.74) is 0. The molecule has 4 heteroatoms. The van der Waals surface area contributed by atoms with E-state index in [1.807, 2.05) is 0 Å². The number of carbonyl (C=O) groups excluding carboxylic acids is 1. The summed E-state index contributed by atoms with van der Waals surface area (Å²) in [6, 6.07) is 0.451. The summed E-state index contributed by atoms with van der Waals surface area (Å²) in [6.45, 7) is 7.28. The third-order valence-electron chi connectivity index (χ3n) is 4.53. The van der Waals surface area contributed by atoms with Crippen molar-refractivity contribution in [2.75, 3.05) is 19.6 Å². The maximum atomic E-state index is 12.5.